The first kappa shape index (κ1) is 11.6. The van der Waals surface area contributed by atoms with Gasteiger partial charge in [0.1, 0.15) is 5.82 Å². The van der Waals surface area contributed by atoms with Crippen LogP contribution in [-0.2, 0) is 11.3 Å². The Morgan fingerprint density at radius 2 is 2.24 bits per heavy atom. The molecule has 4 nitrogen and oxygen atoms in total. The van der Waals surface area contributed by atoms with Crippen molar-refractivity contribution in [3.8, 4) is 0 Å². The minimum atomic E-state index is 0.0550. The minimum Gasteiger partial charge on any atom is -0.349 e. The monoisotopic (exact) mass is 231 g/mol. The number of H-pyrrole nitrogens is 1. The fourth-order valence-electron chi connectivity index (χ4n) is 1.62. The molecule has 0 fully saturated rings. The first-order valence-electron chi connectivity index (χ1n) is 5.92. The Kier molecular flexibility index (Phi) is 3.42. The molecule has 1 unspecified atom stereocenters. The number of para-hydroxylation sites is 2. The maximum atomic E-state index is 11.6. The number of fused-ring (bicyclic) bond motifs is 1. The summed E-state index contributed by atoms with van der Waals surface area (Å²) in [5.74, 6) is 0.926. The number of nitrogens with zero attached hydrogens (tertiary/aromatic N) is 1. The normalized spacial score (nSPS) is 12.6. The first-order valence-corrected chi connectivity index (χ1v) is 5.92. The number of hydrogen-bond donors (Lipinski definition) is 2. The van der Waals surface area contributed by atoms with Gasteiger partial charge in [-0.15, -0.1) is 0 Å². The van der Waals surface area contributed by atoms with Gasteiger partial charge >= 0.3 is 0 Å². The highest BCUT2D eigenvalue weighted by Gasteiger charge is 2.10. The zero-order valence-electron chi connectivity index (χ0n) is 10.2. The van der Waals surface area contributed by atoms with Gasteiger partial charge in [0.05, 0.1) is 17.6 Å². The predicted molar refractivity (Wildman–Crippen MR) is 67.4 cm³/mol. The number of nitrogens with one attached hydrogen (secondary N) is 2. The van der Waals surface area contributed by atoms with Crippen molar-refractivity contribution in [2.75, 3.05) is 0 Å². The molecule has 4 heteroatoms. The molecule has 0 saturated carbocycles. The third kappa shape index (κ3) is 2.64. The van der Waals surface area contributed by atoms with Gasteiger partial charge in [-0.2, -0.15) is 0 Å². The maximum absolute atomic E-state index is 11.6. The number of carbonyl (C=O) groups is 1. The second-order valence-corrected chi connectivity index (χ2v) is 4.23. The Bertz CT molecular complexity index is 485. The van der Waals surface area contributed by atoms with Crippen LogP contribution in [0.5, 0.6) is 0 Å². The molecular formula is C13H17N3O. The zero-order chi connectivity index (χ0) is 12.3. The minimum absolute atomic E-state index is 0.0550. The average molecular weight is 231 g/mol. The van der Waals surface area contributed by atoms with E-state index in [4.69, 9.17) is 0 Å². The molecular weight excluding hydrogens is 214 g/mol. The molecule has 0 aliphatic carbocycles. The largest absolute Gasteiger partial charge is 0.349 e. The van der Waals surface area contributed by atoms with Crippen molar-refractivity contribution >= 4 is 16.9 Å². The van der Waals surface area contributed by atoms with E-state index >= 15 is 0 Å². The summed E-state index contributed by atoms with van der Waals surface area (Å²) in [5.41, 5.74) is 1.93. The summed E-state index contributed by atoms with van der Waals surface area (Å²) in [6.45, 7) is 4.39. The summed E-state index contributed by atoms with van der Waals surface area (Å²) in [5, 5.41) is 2.88. The van der Waals surface area contributed by atoms with Crippen LogP contribution in [0.4, 0.5) is 0 Å². The number of carbonyl (C=O) groups excluding carboxylic acids is 1. The van der Waals surface area contributed by atoms with Gasteiger partial charge in [0.25, 0.3) is 0 Å². The topological polar surface area (TPSA) is 57.8 Å². The molecule has 2 N–H and O–H groups in total. The molecule has 1 atom stereocenters. The Labute approximate surface area is 100 Å². The molecule has 2 rings (SSSR count). The van der Waals surface area contributed by atoms with Crippen LogP contribution in [0.15, 0.2) is 24.3 Å². The second-order valence-electron chi connectivity index (χ2n) is 4.23. The van der Waals surface area contributed by atoms with Gasteiger partial charge in [0.15, 0.2) is 0 Å². The van der Waals surface area contributed by atoms with Gasteiger partial charge in [0, 0.05) is 5.92 Å². The molecule has 1 amide bonds. The lowest BCUT2D eigenvalue weighted by molar-refractivity contribution is -0.124. The van der Waals surface area contributed by atoms with E-state index < -0.39 is 0 Å². The summed E-state index contributed by atoms with van der Waals surface area (Å²) >= 11 is 0. The highest BCUT2D eigenvalue weighted by atomic mass is 16.1. The van der Waals surface area contributed by atoms with E-state index in [1.54, 1.807) is 0 Å². The summed E-state index contributed by atoms with van der Waals surface area (Å²) in [6.07, 6.45) is 0.853. The van der Waals surface area contributed by atoms with Crippen LogP contribution >= 0.6 is 0 Å². The van der Waals surface area contributed by atoms with E-state index in [-0.39, 0.29) is 11.8 Å². The molecule has 1 aromatic carbocycles. The maximum Gasteiger partial charge on any atom is 0.223 e. The lowest BCUT2D eigenvalue weighted by Gasteiger charge is -2.08. The van der Waals surface area contributed by atoms with Gasteiger partial charge in [-0.05, 0) is 18.6 Å². The Hall–Kier alpha value is -1.84. The Morgan fingerprint density at radius 1 is 1.47 bits per heavy atom. The number of hydrogen-bond acceptors (Lipinski definition) is 2. The first-order chi connectivity index (χ1) is 8.20. The average Bonchev–Trinajstić information content (AvgIpc) is 2.77. The standard InChI is InChI=1S/C13H17N3O/c1-3-9(2)13(17)14-8-12-15-10-6-4-5-7-11(10)16-12/h4-7,9H,3,8H2,1-2H3,(H,14,17)(H,15,16). The molecule has 2 aromatic rings. The second kappa shape index (κ2) is 4.99. The van der Waals surface area contributed by atoms with E-state index in [0.29, 0.717) is 6.54 Å². The van der Waals surface area contributed by atoms with Crippen molar-refractivity contribution < 1.29 is 4.79 Å². The molecule has 1 heterocycles. The van der Waals surface area contributed by atoms with Crippen molar-refractivity contribution in [1.82, 2.24) is 15.3 Å². The van der Waals surface area contributed by atoms with Crippen molar-refractivity contribution in [1.29, 1.82) is 0 Å². The van der Waals surface area contributed by atoms with Crippen LogP contribution in [0.2, 0.25) is 0 Å². The Balaban J connectivity index is 2.02. The third-order valence-corrected chi connectivity index (χ3v) is 2.93. The van der Waals surface area contributed by atoms with Crippen LogP contribution in [0, 0.1) is 5.92 Å². The molecule has 0 aliphatic heterocycles. The van der Waals surface area contributed by atoms with Gasteiger partial charge < -0.3 is 10.3 Å². The molecule has 0 radical (unpaired) electrons. The molecule has 0 bridgehead atoms. The summed E-state index contributed by atoms with van der Waals surface area (Å²) in [6, 6.07) is 7.83. The summed E-state index contributed by atoms with van der Waals surface area (Å²) in [4.78, 5) is 19.2. The van der Waals surface area contributed by atoms with Crippen molar-refractivity contribution in [3.63, 3.8) is 0 Å². The van der Waals surface area contributed by atoms with Crippen molar-refractivity contribution in [3.05, 3.63) is 30.1 Å². The molecule has 0 aliphatic rings. The van der Waals surface area contributed by atoms with Gasteiger partial charge in [0.2, 0.25) is 5.91 Å². The van der Waals surface area contributed by atoms with Crippen molar-refractivity contribution in [2.45, 2.75) is 26.8 Å². The molecule has 0 saturated heterocycles. The van der Waals surface area contributed by atoms with Crippen LogP contribution in [-0.4, -0.2) is 15.9 Å². The van der Waals surface area contributed by atoms with Crippen LogP contribution in [0.25, 0.3) is 11.0 Å². The van der Waals surface area contributed by atoms with E-state index in [2.05, 4.69) is 15.3 Å². The SMILES string of the molecule is CCC(C)C(=O)NCc1nc2ccccc2[nH]1. The summed E-state index contributed by atoms with van der Waals surface area (Å²) in [7, 11) is 0. The van der Waals surface area contributed by atoms with Crippen LogP contribution < -0.4 is 5.32 Å². The van der Waals surface area contributed by atoms with Gasteiger partial charge in [-0.25, -0.2) is 4.98 Å². The summed E-state index contributed by atoms with van der Waals surface area (Å²) < 4.78 is 0. The molecule has 1 aromatic heterocycles. The van der Waals surface area contributed by atoms with Gasteiger partial charge in [-0.3, -0.25) is 4.79 Å². The number of aromatic amines is 1. The number of imidazole rings is 1. The van der Waals surface area contributed by atoms with E-state index in [1.807, 2.05) is 38.1 Å². The van der Waals surface area contributed by atoms with E-state index in [1.165, 1.54) is 0 Å². The lowest BCUT2D eigenvalue weighted by atomic mass is 10.1. The number of amides is 1. The molecule has 90 valence electrons. The van der Waals surface area contributed by atoms with Crippen LogP contribution in [0.1, 0.15) is 26.1 Å². The third-order valence-electron chi connectivity index (χ3n) is 2.93. The molecule has 17 heavy (non-hydrogen) atoms. The van der Waals surface area contributed by atoms with Crippen LogP contribution in [0.3, 0.4) is 0 Å². The fraction of sp³-hybridized carbons (Fsp3) is 0.385. The van der Waals surface area contributed by atoms with E-state index in [0.717, 1.165) is 23.3 Å². The van der Waals surface area contributed by atoms with Crippen molar-refractivity contribution in [2.24, 2.45) is 5.92 Å². The number of aromatic nitrogens is 2. The Morgan fingerprint density at radius 3 is 2.94 bits per heavy atom. The number of benzene rings is 1. The van der Waals surface area contributed by atoms with E-state index in [9.17, 15) is 4.79 Å². The highest BCUT2D eigenvalue weighted by Crippen LogP contribution is 2.10. The zero-order valence-corrected chi connectivity index (χ0v) is 10.2. The quantitative estimate of drug-likeness (QED) is 0.847. The molecule has 0 spiro atoms. The highest BCUT2D eigenvalue weighted by molar-refractivity contribution is 5.78. The smallest absolute Gasteiger partial charge is 0.223 e. The van der Waals surface area contributed by atoms with Gasteiger partial charge in [-0.1, -0.05) is 26.0 Å². The lowest BCUT2D eigenvalue weighted by Crippen LogP contribution is -2.28. The predicted octanol–water partition coefficient (Wildman–Crippen LogP) is 2.23. The fourth-order valence-corrected chi connectivity index (χ4v) is 1.62. The number of rotatable bonds is 4.